The molecular formula is C18H20Si. The number of benzene rings is 2. The highest BCUT2D eigenvalue weighted by molar-refractivity contribution is 6.88. The van der Waals surface area contributed by atoms with Gasteiger partial charge in [0, 0.05) is 0 Å². The van der Waals surface area contributed by atoms with Gasteiger partial charge >= 0.3 is 0 Å². The van der Waals surface area contributed by atoms with Crippen LogP contribution in [0.15, 0.2) is 48.5 Å². The Morgan fingerprint density at radius 2 is 1.63 bits per heavy atom. The molecule has 96 valence electrons. The van der Waals surface area contributed by atoms with Crippen molar-refractivity contribution in [3.63, 3.8) is 0 Å². The lowest BCUT2D eigenvalue weighted by Crippen LogP contribution is -2.37. The fourth-order valence-corrected chi connectivity index (χ4v) is 3.88. The lowest BCUT2D eigenvalue weighted by molar-refractivity contribution is 1.31. The quantitative estimate of drug-likeness (QED) is 0.702. The van der Waals surface area contributed by atoms with Crippen LogP contribution in [0.3, 0.4) is 0 Å². The van der Waals surface area contributed by atoms with E-state index < -0.39 is 8.07 Å². The zero-order valence-corrected chi connectivity index (χ0v) is 12.9. The largest absolute Gasteiger partial charge is 0.0795 e. The smallest absolute Gasteiger partial charge is 0.0775 e. The van der Waals surface area contributed by atoms with Gasteiger partial charge in [-0.2, -0.15) is 0 Å². The molecule has 2 aromatic rings. The molecule has 0 nitrogen and oxygen atoms in total. The van der Waals surface area contributed by atoms with Crippen molar-refractivity contribution in [2.75, 3.05) is 0 Å². The van der Waals surface area contributed by atoms with Crippen LogP contribution in [0, 0.1) is 0 Å². The molecule has 0 aliphatic heterocycles. The molecule has 0 N–H and O–H groups in total. The predicted octanol–water partition coefficient (Wildman–Crippen LogP) is 4.47. The van der Waals surface area contributed by atoms with Crippen LogP contribution in [-0.4, -0.2) is 8.07 Å². The Balaban J connectivity index is 2.03. The minimum atomic E-state index is -1.19. The number of hydrogen-bond acceptors (Lipinski definition) is 0. The first-order chi connectivity index (χ1) is 9.05. The minimum absolute atomic E-state index is 1.07. The van der Waals surface area contributed by atoms with Gasteiger partial charge in [0.2, 0.25) is 0 Å². The highest BCUT2D eigenvalue weighted by Crippen LogP contribution is 2.30. The van der Waals surface area contributed by atoms with E-state index in [1.807, 2.05) is 0 Å². The second kappa shape index (κ2) is 4.50. The lowest BCUT2D eigenvalue weighted by Gasteiger charge is -2.17. The number of fused-ring (bicyclic) bond motifs is 1. The summed E-state index contributed by atoms with van der Waals surface area (Å²) in [6.07, 6.45) is 5.56. The highest BCUT2D eigenvalue weighted by atomic mass is 28.3. The number of hydrogen-bond donors (Lipinski definition) is 0. The third-order valence-electron chi connectivity index (χ3n) is 3.89. The number of allylic oxidation sites excluding steroid dienone is 1. The Morgan fingerprint density at radius 3 is 2.32 bits per heavy atom. The molecule has 0 saturated carbocycles. The first kappa shape index (κ1) is 12.4. The van der Waals surface area contributed by atoms with Crippen LogP contribution in [0.1, 0.15) is 11.1 Å². The van der Waals surface area contributed by atoms with Gasteiger partial charge in [0.25, 0.3) is 0 Å². The van der Waals surface area contributed by atoms with Crippen LogP contribution in [0.4, 0.5) is 0 Å². The molecule has 0 spiro atoms. The maximum atomic E-state index is 2.39. The molecule has 0 fully saturated rings. The van der Waals surface area contributed by atoms with Crippen molar-refractivity contribution in [2.45, 2.75) is 26.1 Å². The van der Waals surface area contributed by atoms with Gasteiger partial charge < -0.3 is 0 Å². The average Bonchev–Trinajstić information content (AvgIpc) is 2.86. The van der Waals surface area contributed by atoms with Gasteiger partial charge in [-0.25, -0.2) is 0 Å². The van der Waals surface area contributed by atoms with Gasteiger partial charge in [-0.05, 0) is 28.7 Å². The molecule has 1 aliphatic carbocycles. The summed E-state index contributed by atoms with van der Waals surface area (Å²) in [5.41, 5.74) is 5.60. The second-order valence-electron chi connectivity index (χ2n) is 6.31. The van der Waals surface area contributed by atoms with E-state index in [2.05, 4.69) is 74.3 Å². The van der Waals surface area contributed by atoms with E-state index in [1.165, 1.54) is 27.4 Å². The summed E-state index contributed by atoms with van der Waals surface area (Å²) in [7, 11) is -1.19. The number of rotatable bonds is 2. The fraction of sp³-hybridized carbons (Fsp3) is 0.222. The predicted molar refractivity (Wildman–Crippen MR) is 87.6 cm³/mol. The van der Waals surface area contributed by atoms with Crippen LogP contribution in [0.2, 0.25) is 19.6 Å². The summed E-state index contributed by atoms with van der Waals surface area (Å²) in [6, 6.07) is 15.8. The Bertz CT molecular complexity index is 628. The molecule has 0 saturated heterocycles. The molecule has 0 atom stereocenters. The normalized spacial score (nSPS) is 13.6. The van der Waals surface area contributed by atoms with Gasteiger partial charge in [-0.3, -0.25) is 0 Å². The SMILES string of the molecule is C[Si](C)(C)c1ccc(-c2cccc3c2CC=C3)cc1. The molecule has 0 aromatic heterocycles. The van der Waals surface area contributed by atoms with Gasteiger partial charge in [-0.1, -0.05) is 79.4 Å². The molecule has 2 aromatic carbocycles. The van der Waals surface area contributed by atoms with E-state index in [0.717, 1.165) is 6.42 Å². The van der Waals surface area contributed by atoms with Crippen molar-refractivity contribution in [3.05, 3.63) is 59.7 Å². The highest BCUT2D eigenvalue weighted by Gasteiger charge is 2.16. The topological polar surface area (TPSA) is 0 Å². The van der Waals surface area contributed by atoms with Crippen molar-refractivity contribution in [1.29, 1.82) is 0 Å². The van der Waals surface area contributed by atoms with Crippen LogP contribution in [-0.2, 0) is 6.42 Å². The standard InChI is InChI=1S/C18H20Si/c1-19(2,3)16-12-10-15(11-13-16)18-9-5-7-14-6-4-8-17(14)18/h4-7,9-13H,8H2,1-3H3. The Hall–Kier alpha value is -1.60. The summed E-state index contributed by atoms with van der Waals surface area (Å²) in [4.78, 5) is 0. The zero-order chi connectivity index (χ0) is 13.5. The molecule has 0 bridgehead atoms. The third-order valence-corrected chi connectivity index (χ3v) is 5.96. The lowest BCUT2D eigenvalue weighted by atomic mass is 9.97. The molecule has 1 aliphatic rings. The van der Waals surface area contributed by atoms with Crippen molar-refractivity contribution in [3.8, 4) is 11.1 Å². The Kier molecular flexibility index (Phi) is 2.94. The third kappa shape index (κ3) is 2.31. The minimum Gasteiger partial charge on any atom is -0.0795 e. The zero-order valence-electron chi connectivity index (χ0n) is 11.9. The van der Waals surface area contributed by atoms with E-state index in [-0.39, 0.29) is 0 Å². The first-order valence-corrected chi connectivity index (χ1v) is 10.4. The van der Waals surface area contributed by atoms with Crippen LogP contribution in [0.5, 0.6) is 0 Å². The molecule has 0 heterocycles. The first-order valence-electron chi connectivity index (χ1n) is 6.95. The Morgan fingerprint density at radius 1 is 0.895 bits per heavy atom. The summed E-state index contributed by atoms with van der Waals surface area (Å²) < 4.78 is 0. The van der Waals surface area contributed by atoms with Gasteiger partial charge in [0.15, 0.2) is 0 Å². The maximum Gasteiger partial charge on any atom is 0.0775 e. The summed E-state index contributed by atoms with van der Waals surface area (Å²) >= 11 is 0. The van der Waals surface area contributed by atoms with Crippen molar-refractivity contribution >= 4 is 19.3 Å². The van der Waals surface area contributed by atoms with Gasteiger partial charge in [0.1, 0.15) is 0 Å². The van der Waals surface area contributed by atoms with Gasteiger partial charge in [-0.15, -0.1) is 0 Å². The molecule has 19 heavy (non-hydrogen) atoms. The monoisotopic (exact) mass is 264 g/mol. The second-order valence-corrected chi connectivity index (χ2v) is 11.4. The van der Waals surface area contributed by atoms with E-state index in [4.69, 9.17) is 0 Å². The van der Waals surface area contributed by atoms with Crippen molar-refractivity contribution in [2.24, 2.45) is 0 Å². The van der Waals surface area contributed by atoms with E-state index in [9.17, 15) is 0 Å². The molecule has 0 unspecified atom stereocenters. The molecule has 1 heteroatoms. The summed E-state index contributed by atoms with van der Waals surface area (Å²) in [5, 5.41) is 1.53. The molecular weight excluding hydrogens is 244 g/mol. The Labute approximate surface area is 116 Å². The van der Waals surface area contributed by atoms with Crippen LogP contribution >= 0.6 is 0 Å². The van der Waals surface area contributed by atoms with Gasteiger partial charge in [0.05, 0.1) is 8.07 Å². The van der Waals surface area contributed by atoms with E-state index in [0.29, 0.717) is 0 Å². The van der Waals surface area contributed by atoms with E-state index in [1.54, 1.807) is 0 Å². The van der Waals surface area contributed by atoms with Crippen molar-refractivity contribution in [1.82, 2.24) is 0 Å². The molecule has 0 radical (unpaired) electrons. The van der Waals surface area contributed by atoms with Crippen LogP contribution in [0.25, 0.3) is 17.2 Å². The molecule has 3 rings (SSSR count). The average molecular weight is 264 g/mol. The van der Waals surface area contributed by atoms with E-state index >= 15 is 0 Å². The van der Waals surface area contributed by atoms with Crippen LogP contribution < -0.4 is 5.19 Å². The van der Waals surface area contributed by atoms with Crippen molar-refractivity contribution < 1.29 is 0 Å². The maximum absolute atomic E-state index is 2.39. The summed E-state index contributed by atoms with van der Waals surface area (Å²) in [6.45, 7) is 7.18. The summed E-state index contributed by atoms with van der Waals surface area (Å²) in [5.74, 6) is 0. The molecule has 0 amide bonds. The fourth-order valence-electron chi connectivity index (χ4n) is 2.71.